The Morgan fingerprint density at radius 2 is 1.72 bits per heavy atom. The minimum absolute atomic E-state index is 0.160. The van der Waals surface area contributed by atoms with Crippen molar-refractivity contribution < 1.29 is 4.74 Å². The Bertz CT molecular complexity index is 849. The average Bonchev–Trinajstić information content (AvgIpc) is 3.12. The summed E-state index contributed by atoms with van der Waals surface area (Å²) in [6, 6.07) is 17.1. The van der Waals surface area contributed by atoms with Gasteiger partial charge in [-0.1, -0.05) is 36.4 Å². The summed E-state index contributed by atoms with van der Waals surface area (Å²) in [5, 5.41) is 0. The van der Waals surface area contributed by atoms with Gasteiger partial charge in [0, 0.05) is 31.7 Å². The standard InChI is InChI=1S/C22H24N2O/c1-21(2)19-7-5-6-8-20(19)24-15-16-25-22(21,24)14-13-17-9-11-18(12-10-17)23(3)4/h5-16H,1-4H3. The molecular formula is C22H24N2O. The maximum absolute atomic E-state index is 6.20. The molecule has 0 saturated heterocycles. The SMILES string of the molecule is CN(C)c1ccc(C=CC23OC=CN2c2ccccc2C3(C)C)cc1. The van der Waals surface area contributed by atoms with Crippen molar-refractivity contribution in [2.45, 2.75) is 25.0 Å². The van der Waals surface area contributed by atoms with E-state index in [1.165, 1.54) is 22.5 Å². The van der Waals surface area contributed by atoms with Crippen LogP contribution >= 0.6 is 0 Å². The number of fused-ring (bicyclic) bond motifs is 3. The molecule has 2 aromatic carbocycles. The largest absolute Gasteiger partial charge is 0.469 e. The van der Waals surface area contributed by atoms with Crippen LogP contribution in [0.2, 0.25) is 0 Å². The van der Waals surface area contributed by atoms with Gasteiger partial charge in [-0.15, -0.1) is 0 Å². The van der Waals surface area contributed by atoms with E-state index < -0.39 is 5.72 Å². The molecular weight excluding hydrogens is 308 g/mol. The average molecular weight is 332 g/mol. The second-order valence-corrected chi connectivity index (χ2v) is 7.43. The Morgan fingerprint density at radius 3 is 2.44 bits per heavy atom. The van der Waals surface area contributed by atoms with E-state index >= 15 is 0 Å². The minimum Gasteiger partial charge on any atom is -0.469 e. The number of benzene rings is 2. The highest BCUT2D eigenvalue weighted by Crippen LogP contribution is 2.55. The molecule has 0 spiro atoms. The molecule has 2 heterocycles. The van der Waals surface area contributed by atoms with Crippen LogP contribution in [-0.4, -0.2) is 19.8 Å². The first kappa shape index (κ1) is 15.8. The number of anilines is 2. The Balaban J connectivity index is 1.72. The smallest absolute Gasteiger partial charge is 0.215 e. The molecule has 2 aliphatic rings. The van der Waals surface area contributed by atoms with E-state index in [-0.39, 0.29) is 5.41 Å². The molecule has 1 unspecified atom stereocenters. The van der Waals surface area contributed by atoms with E-state index in [1.54, 1.807) is 6.26 Å². The van der Waals surface area contributed by atoms with E-state index in [2.05, 4.69) is 98.4 Å². The molecule has 0 N–H and O–H groups in total. The zero-order valence-corrected chi connectivity index (χ0v) is 15.2. The fourth-order valence-corrected chi connectivity index (χ4v) is 3.90. The van der Waals surface area contributed by atoms with Gasteiger partial charge in [0.2, 0.25) is 5.72 Å². The summed E-state index contributed by atoms with van der Waals surface area (Å²) in [6.07, 6.45) is 8.19. The number of para-hydroxylation sites is 1. The highest BCUT2D eigenvalue weighted by Gasteiger charge is 2.58. The Morgan fingerprint density at radius 1 is 1.00 bits per heavy atom. The van der Waals surface area contributed by atoms with Gasteiger partial charge in [0.05, 0.1) is 5.41 Å². The lowest BCUT2D eigenvalue weighted by Crippen LogP contribution is -2.51. The molecule has 0 radical (unpaired) electrons. The highest BCUT2D eigenvalue weighted by atomic mass is 16.5. The quantitative estimate of drug-likeness (QED) is 0.806. The number of nitrogens with zero attached hydrogens (tertiary/aromatic N) is 2. The first-order valence-corrected chi connectivity index (χ1v) is 8.66. The zero-order valence-electron chi connectivity index (χ0n) is 15.2. The first-order chi connectivity index (χ1) is 12.0. The minimum atomic E-state index is -0.517. The third-order valence-corrected chi connectivity index (χ3v) is 5.46. The number of hydrogen-bond donors (Lipinski definition) is 0. The van der Waals surface area contributed by atoms with Crippen LogP contribution in [0.3, 0.4) is 0 Å². The van der Waals surface area contributed by atoms with Crippen molar-refractivity contribution >= 4 is 17.5 Å². The monoisotopic (exact) mass is 332 g/mol. The van der Waals surface area contributed by atoms with E-state index in [0.29, 0.717) is 0 Å². The Hall–Kier alpha value is -2.68. The summed E-state index contributed by atoms with van der Waals surface area (Å²) in [5.74, 6) is 0. The molecule has 3 heteroatoms. The lowest BCUT2D eigenvalue weighted by molar-refractivity contribution is 0.0386. The third kappa shape index (κ3) is 2.19. The predicted octanol–water partition coefficient (Wildman–Crippen LogP) is 4.76. The van der Waals surface area contributed by atoms with E-state index in [4.69, 9.17) is 4.74 Å². The van der Waals surface area contributed by atoms with Crippen LogP contribution in [0.15, 0.2) is 67.1 Å². The molecule has 25 heavy (non-hydrogen) atoms. The summed E-state index contributed by atoms with van der Waals surface area (Å²) < 4.78 is 6.20. The van der Waals surface area contributed by atoms with Crippen LogP contribution in [0, 0.1) is 0 Å². The van der Waals surface area contributed by atoms with Crippen molar-refractivity contribution in [3.8, 4) is 0 Å². The fraction of sp³-hybridized carbons (Fsp3) is 0.273. The van der Waals surface area contributed by atoms with E-state index in [9.17, 15) is 0 Å². The van der Waals surface area contributed by atoms with Crippen LogP contribution in [0.5, 0.6) is 0 Å². The Labute approximate surface area is 149 Å². The summed E-state index contributed by atoms with van der Waals surface area (Å²) in [7, 11) is 4.11. The van der Waals surface area contributed by atoms with Gasteiger partial charge in [-0.3, -0.25) is 0 Å². The lowest BCUT2D eigenvalue weighted by Gasteiger charge is -2.39. The second-order valence-electron chi connectivity index (χ2n) is 7.43. The summed E-state index contributed by atoms with van der Waals surface area (Å²) >= 11 is 0. The molecule has 0 aliphatic carbocycles. The van der Waals surface area contributed by atoms with Crippen molar-refractivity contribution in [3.05, 3.63) is 78.2 Å². The van der Waals surface area contributed by atoms with Crippen LogP contribution in [0.25, 0.3) is 6.08 Å². The third-order valence-electron chi connectivity index (χ3n) is 5.46. The van der Waals surface area contributed by atoms with Gasteiger partial charge in [0.25, 0.3) is 0 Å². The maximum Gasteiger partial charge on any atom is 0.215 e. The van der Waals surface area contributed by atoms with Gasteiger partial charge in [-0.05, 0) is 49.2 Å². The van der Waals surface area contributed by atoms with Crippen molar-refractivity contribution in [1.29, 1.82) is 0 Å². The highest BCUT2D eigenvalue weighted by molar-refractivity contribution is 5.71. The molecule has 0 amide bonds. The van der Waals surface area contributed by atoms with Crippen molar-refractivity contribution in [2.24, 2.45) is 0 Å². The Kier molecular flexibility index (Phi) is 3.43. The topological polar surface area (TPSA) is 15.7 Å². The normalized spacial score (nSPS) is 22.8. The van der Waals surface area contributed by atoms with Gasteiger partial charge < -0.3 is 14.5 Å². The molecule has 0 bridgehead atoms. The first-order valence-electron chi connectivity index (χ1n) is 8.66. The van der Waals surface area contributed by atoms with Gasteiger partial charge in [-0.2, -0.15) is 0 Å². The van der Waals surface area contributed by atoms with Gasteiger partial charge in [0.15, 0.2) is 0 Å². The lowest BCUT2D eigenvalue weighted by atomic mass is 9.77. The number of rotatable bonds is 3. The second kappa shape index (κ2) is 5.41. The van der Waals surface area contributed by atoms with Crippen molar-refractivity contribution in [2.75, 3.05) is 23.9 Å². The molecule has 0 fully saturated rings. The zero-order chi connectivity index (χ0) is 17.7. The molecule has 4 rings (SSSR count). The fourth-order valence-electron chi connectivity index (χ4n) is 3.90. The number of hydrogen-bond acceptors (Lipinski definition) is 3. The molecule has 3 nitrogen and oxygen atoms in total. The van der Waals surface area contributed by atoms with Crippen molar-refractivity contribution in [3.63, 3.8) is 0 Å². The van der Waals surface area contributed by atoms with Crippen LogP contribution in [0.4, 0.5) is 11.4 Å². The predicted molar refractivity (Wildman–Crippen MR) is 105 cm³/mol. The molecule has 0 saturated carbocycles. The van der Waals surface area contributed by atoms with Gasteiger partial charge in [-0.25, -0.2) is 0 Å². The summed E-state index contributed by atoms with van der Waals surface area (Å²) in [4.78, 5) is 4.35. The van der Waals surface area contributed by atoms with Crippen molar-refractivity contribution in [1.82, 2.24) is 0 Å². The molecule has 2 aliphatic heterocycles. The van der Waals surface area contributed by atoms with Crippen LogP contribution < -0.4 is 9.80 Å². The van der Waals surface area contributed by atoms with Crippen LogP contribution in [0.1, 0.15) is 25.0 Å². The maximum atomic E-state index is 6.20. The molecule has 2 aromatic rings. The van der Waals surface area contributed by atoms with Gasteiger partial charge >= 0.3 is 0 Å². The van der Waals surface area contributed by atoms with Crippen LogP contribution in [-0.2, 0) is 10.2 Å². The number of ether oxygens (including phenoxy) is 1. The molecule has 128 valence electrons. The summed E-state index contributed by atoms with van der Waals surface area (Å²) in [5.41, 5.74) is 4.22. The van der Waals surface area contributed by atoms with E-state index in [1.807, 2.05) is 6.20 Å². The molecule has 1 atom stereocenters. The van der Waals surface area contributed by atoms with E-state index in [0.717, 1.165) is 0 Å². The summed E-state index contributed by atoms with van der Waals surface area (Å²) in [6.45, 7) is 4.50. The molecule has 0 aromatic heterocycles. The van der Waals surface area contributed by atoms with Gasteiger partial charge in [0.1, 0.15) is 6.26 Å².